The molecule has 1 aliphatic carbocycles. The van der Waals surface area contributed by atoms with Crippen molar-refractivity contribution in [2.24, 2.45) is 0 Å². The van der Waals surface area contributed by atoms with Crippen molar-refractivity contribution in [2.45, 2.75) is 13.8 Å². The number of allylic oxidation sites excluding steroid dienone is 4. The molecule has 0 bridgehead atoms. The summed E-state index contributed by atoms with van der Waals surface area (Å²) in [4.78, 5) is 48.3. The van der Waals surface area contributed by atoms with Crippen LogP contribution in [0.1, 0.15) is 34.6 Å². The predicted molar refractivity (Wildman–Crippen MR) is 186 cm³/mol. The Balaban J connectivity index is 0.000000157. The van der Waals surface area contributed by atoms with Crippen LogP contribution in [0.3, 0.4) is 0 Å². The summed E-state index contributed by atoms with van der Waals surface area (Å²) in [6.07, 6.45) is 0. The smallest absolute Gasteiger partial charge is 0.265 e. The van der Waals surface area contributed by atoms with E-state index >= 15 is 0 Å². The number of ketones is 2. The summed E-state index contributed by atoms with van der Waals surface area (Å²) in [5.74, 6) is 2.11. The number of hydrogen-bond donors (Lipinski definition) is 2. The number of nitrogens with one attached hydrogen (secondary N) is 2. The van der Waals surface area contributed by atoms with Gasteiger partial charge in [-0.05, 0) is 38.1 Å². The van der Waals surface area contributed by atoms with E-state index in [1.54, 1.807) is 47.8 Å². The second-order valence-electron chi connectivity index (χ2n) is 9.64. The topological polar surface area (TPSA) is 111 Å². The molecule has 0 saturated carbocycles. The molecule has 2 amide bonds. The van der Waals surface area contributed by atoms with Gasteiger partial charge in [0.05, 0.1) is 13.2 Å². The van der Waals surface area contributed by atoms with Crippen LogP contribution in [-0.2, 0) is 19.1 Å². The van der Waals surface area contributed by atoms with Crippen LogP contribution in [-0.4, -0.2) is 48.1 Å². The van der Waals surface area contributed by atoms with Gasteiger partial charge < -0.3 is 20.1 Å². The van der Waals surface area contributed by atoms with E-state index in [-0.39, 0.29) is 21.9 Å². The van der Waals surface area contributed by atoms with Gasteiger partial charge in [0.1, 0.15) is 31.4 Å². The van der Waals surface area contributed by atoms with Crippen LogP contribution >= 0.6 is 46.7 Å². The Labute approximate surface area is 285 Å². The van der Waals surface area contributed by atoms with E-state index in [1.165, 1.54) is 0 Å². The van der Waals surface area contributed by atoms with Crippen LogP contribution in [0, 0.1) is 0 Å². The number of Topliss-reactive ketones (excluding diaryl/α,β-unsaturated/α-hetero) is 2. The summed E-state index contributed by atoms with van der Waals surface area (Å²) in [7, 11) is 0. The molecular formula is C34H30Cl2N2O6S2. The Kier molecular flexibility index (Phi) is 13.0. The summed E-state index contributed by atoms with van der Waals surface area (Å²) < 4.78 is 10.7. The molecule has 12 heteroatoms. The number of carbonyl (C=O) groups excluding carboxylic acids is 4. The minimum atomic E-state index is -0.396. The van der Waals surface area contributed by atoms with Crippen LogP contribution in [0.25, 0.3) is 0 Å². The number of thioether (sulfide) groups is 2. The van der Waals surface area contributed by atoms with E-state index < -0.39 is 11.6 Å². The van der Waals surface area contributed by atoms with Gasteiger partial charge in [0.25, 0.3) is 11.8 Å². The van der Waals surface area contributed by atoms with Crippen molar-refractivity contribution in [3.63, 3.8) is 0 Å². The summed E-state index contributed by atoms with van der Waals surface area (Å²) in [5, 5.41) is 5.29. The number of para-hydroxylation sites is 2. The molecule has 0 radical (unpaired) electrons. The number of amides is 2. The van der Waals surface area contributed by atoms with E-state index in [9.17, 15) is 19.2 Å². The second-order valence-corrected chi connectivity index (χ2v) is 12.6. The average molecular weight is 698 g/mol. The lowest BCUT2D eigenvalue weighted by atomic mass is 9.95. The second kappa shape index (κ2) is 17.1. The molecule has 6 rings (SSSR count). The highest BCUT2D eigenvalue weighted by atomic mass is 35.5. The predicted octanol–water partition coefficient (Wildman–Crippen LogP) is 7.99. The molecular weight excluding hydrogens is 667 g/mol. The van der Waals surface area contributed by atoms with Gasteiger partial charge in [0.2, 0.25) is 11.6 Å². The first-order chi connectivity index (χ1) is 22.2. The summed E-state index contributed by atoms with van der Waals surface area (Å²) in [6.45, 7) is 5.01. The van der Waals surface area contributed by atoms with Crippen molar-refractivity contribution in [3.05, 3.63) is 127 Å². The average Bonchev–Trinajstić information content (AvgIpc) is 3.08. The molecule has 0 unspecified atom stereocenters. The first kappa shape index (κ1) is 34.9. The van der Waals surface area contributed by atoms with Gasteiger partial charge >= 0.3 is 0 Å². The maximum absolute atomic E-state index is 11.9. The van der Waals surface area contributed by atoms with Crippen LogP contribution in [0.5, 0.6) is 0 Å². The van der Waals surface area contributed by atoms with Crippen LogP contribution in [0.2, 0.25) is 0 Å². The Morgan fingerprint density at radius 2 is 0.957 bits per heavy atom. The lowest BCUT2D eigenvalue weighted by Gasteiger charge is -2.17. The Hall–Kier alpha value is -3.96. The molecule has 0 fully saturated rings. The minimum absolute atomic E-state index is 0.0894. The molecule has 238 valence electrons. The molecule has 46 heavy (non-hydrogen) atoms. The molecule has 3 aromatic carbocycles. The molecule has 3 aromatic rings. The number of halogens is 2. The SMILES string of the molecule is CC1=C(C(=O)Nc2ccccc2)SCCO1.CC1=C(C(=O)Nc2ccccc2)SCCO1.O=C1C(Cl)=C(Cl)C(=O)c2ccccc21. The fraction of sp³-hybridized carbons (Fsp3) is 0.176. The van der Waals surface area contributed by atoms with Crippen molar-refractivity contribution in [2.75, 3.05) is 35.4 Å². The normalized spacial score (nSPS) is 15.7. The van der Waals surface area contributed by atoms with Crippen molar-refractivity contribution < 1.29 is 28.7 Å². The minimum Gasteiger partial charge on any atom is -0.496 e. The van der Waals surface area contributed by atoms with Crippen molar-refractivity contribution in [1.82, 2.24) is 0 Å². The molecule has 3 aliphatic rings. The number of carbonyl (C=O) groups is 4. The van der Waals surface area contributed by atoms with Gasteiger partial charge in [-0.3, -0.25) is 19.2 Å². The zero-order chi connectivity index (χ0) is 33.1. The van der Waals surface area contributed by atoms with E-state index in [1.807, 2.05) is 74.5 Å². The van der Waals surface area contributed by atoms with Crippen LogP contribution in [0.15, 0.2) is 116 Å². The van der Waals surface area contributed by atoms with Crippen molar-refractivity contribution in [3.8, 4) is 0 Å². The maximum Gasteiger partial charge on any atom is 0.265 e. The van der Waals surface area contributed by atoms with Crippen molar-refractivity contribution >= 4 is 81.5 Å². The first-order valence-corrected chi connectivity index (χ1v) is 16.8. The zero-order valence-corrected chi connectivity index (χ0v) is 28.1. The number of hydrogen-bond acceptors (Lipinski definition) is 8. The molecule has 0 atom stereocenters. The van der Waals surface area contributed by atoms with Gasteiger partial charge in [0.15, 0.2) is 0 Å². The molecule has 2 heterocycles. The van der Waals surface area contributed by atoms with Gasteiger partial charge in [0, 0.05) is 34.0 Å². The number of rotatable bonds is 4. The Morgan fingerprint density at radius 1 is 0.609 bits per heavy atom. The van der Waals surface area contributed by atoms with E-state index in [2.05, 4.69) is 10.6 Å². The first-order valence-electron chi connectivity index (χ1n) is 14.1. The fourth-order valence-electron chi connectivity index (χ4n) is 4.20. The number of fused-ring (bicyclic) bond motifs is 1. The summed E-state index contributed by atoms with van der Waals surface area (Å²) in [5.41, 5.74) is 2.23. The molecule has 2 N–H and O–H groups in total. The van der Waals surface area contributed by atoms with Gasteiger partial charge in [-0.1, -0.05) is 83.9 Å². The third-order valence-electron chi connectivity index (χ3n) is 6.42. The highest BCUT2D eigenvalue weighted by Crippen LogP contribution is 2.30. The quantitative estimate of drug-likeness (QED) is 0.282. The van der Waals surface area contributed by atoms with E-state index in [0.29, 0.717) is 45.7 Å². The van der Waals surface area contributed by atoms with Crippen molar-refractivity contribution in [1.29, 1.82) is 0 Å². The third-order valence-corrected chi connectivity index (χ3v) is 9.50. The molecule has 0 saturated heterocycles. The lowest BCUT2D eigenvalue weighted by molar-refractivity contribution is -0.113. The molecule has 0 spiro atoms. The highest BCUT2D eigenvalue weighted by Gasteiger charge is 2.29. The van der Waals surface area contributed by atoms with Gasteiger partial charge in [-0.2, -0.15) is 0 Å². The Morgan fingerprint density at radius 3 is 1.30 bits per heavy atom. The Bertz CT molecular complexity index is 1580. The highest BCUT2D eigenvalue weighted by molar-refractivity contribution is 8.04. The monoisotopic (exact) mass is 696 g/mol. The fourth-order valence-corrected chi connectivity index (χ4v) is 6.20. The van der Waals surface area contributed by atoms with E-state index in [0.717, 1.165) is 22.9 Å². The molecule has 8 nitrogen and oxygen atoms in total. The van der Waals surface area contributed by atoms with Crippen LogP contribution in [0.4, 0.5) is 11.4 Å². The lowest BCUT2D eigenvalue weighted by Crippen LogP contribution is -2.18. The zero-order valence-electron chi connectivity index (χ0n) is 24.9. The largest absolute Gasteiger partial charge is 0.496 e. The molecule has 2 aliphatic heterocycles. The van der Waals surface area contributed by atoms with Crippen LogP contribution < -0.4 is 10.6 Å². The summed E-state index contributed by atoms with van der Waals surface area (Å²) >= 11 is 14.3. The summed E-state index contributed by atoms with van der Waals surface area (Å²) in [6, 6.07) is 25.3. The number of ether oxygens (including phenoxy) is 2. The van der Waals surface area contributed by atoms with Gasteiger partial charge in [-0.15, -0.1) is 23.5 Å². The standard InChI is InChI=1S/2C12H13NO2S.C10H4Cl2O2/c2*1-9-11(16-8-7-15-9)12(14)13-10-5-3-2-4-6-10;11-7-8(12)10(14)6-4-2-1-3-5(6)9(7)13/h2*2-6H,7-8H2,1H3,(H,13,14);1-4H. The third kappa shape index (κ3) is 9.29. The number of benzene rings is 3. The van der Waals surface area contributed by atoms with Gasteiger partial charge in [-0.25, -0.2) is 0 Å². The number of anilines is 2. The van der Waals surface area contributed by atoms with E-state index in [4.69, 9.17) is 32.7 Å². The maximum atomic E-state index is 11.9. The molecule has 0 aromatic heterocycles.